The third-order valence-electron chi connectivity index (χ3n) is 3.80. The molecule has 1 aliphatic rings. The van der Waals surface area contributed by atoms with Crippen molar-refractivity contribution in [3.63, 3.8) is 0 Å². The van der Waals surface area contributed by atoms with Gasteiger partial charge >= 0.3 is 0 Å². The zero-order chi connectivity index (χ0) is 13.0. The van der Waals surface area contributed by atoms with Gasteiger partial charge in [-0.3, -0.25) is 0 Å². The van der Waals surface area contributed by atoms with Crippen molar-refractivity contribution in [3.05, 3.63) is 29.8 Å². The first kappa shape index (κ1) is 13.0. The van der Waals surface area contributed by atoms with Crippen molar-refractivity contribution in [2.75, 3.05) is 18.0 Å². The standard InChI is InChI=1S/C16H22N2/c1-13(2)15-7-3-4-8-16(15)18-11-5-6-14(12-18)9-10-17/h3-4,7-8,13-14H,5-6,9,11-12H2,1-2H3. The lowest BCUT2D eigenvalue weighted by molar-refractivity contribution is 0.421. The summed E-state index contributed by atoms with van der Waals surface area (Å²) in [5.41, 5.74) is 2.80. The van der Waals surface area contributed by atoms with Crippen LogP contribution in [0.2, 0.25) is 0 Å². The second kappa shape index (κ2) is 5.91. The van der Waals surface area contributed by atoms with E-state index in [0.29, 0.717) is 18.3 Å². The molecule has 2 nitrogen and oxygen atoms in total. The highest BCUT2D eigenvalue weighted by molar-refractivity contribution is 5.55. The van der Waals surface area contributed by atoms with Crippen LogP contribution in [-0.4, -0.2) is 13.1 Å². The summed E-state index contributed by atoms with van der Waals surface area (Å²) < 4.78 is 0. The van der Waals surface area contributed by atoms with Crippen LogP contribution < -0.4 is 4.90 Å². The van der Waals surface area contributed by atoms with E-state index in [1.54, 1.807) is 0 Å². The van der Waals surface area contributed by atoms with E-state index in [0.717, 1.165) is 13.1 Å². The van der Waals surface area contributed by atoms with Crippen LogP contribution in [0.15, 0.2) is 24.3 Å². The highest BCUT2D eigenvalue weighted by Crippen LogP contribution is 2.31. The van der Waals surface area contributed by atoms with E-state index in [9.17, 15) is 0 Å². The molecule has 0 N–H and O–H groups in total. The minimum atomic E-state index is 0.545. The van der Waals surface area contributed by atoms with Gasteiger partial charge in [-0.05, 0) is 36.3 Å². The maximum absolute atomic E-state index is 8.85. The van der Waals surface area contributed by atoms with Crippen LogP contribution in [-0.2, 0) is 0 Å². The maximum atomic E-state index is 8.85. The SMILES string of the molecule is CC(C)c1ccccc1N1CCCC(CC#N)C1. The van der Waals surface area contributed by atoms with Crippen molar-refractivity contribution >= 4 is 5.69 Å². The molecule has 0 bridgehead atoms. The van der Waals surface area contributed by atoms with Gasteiger partial charge in [0.05, 0.1) is 6.07 Å². The Hall–Kier alpha value is -1.49. The summed E-state index contributed by atoms with van der Waals surface area (Å²) in [5, 5.41) is 8.85. The Balaban J connectivity index is 2.18. The Morgan fingerprint density at radius 1 is 1.39 bits per heavy atom. The Labute approximate surface area is 110 Å². The molecule has 1 unspecified atom stereocenters. The molecule has 1 fully saturated rings. The quantitative estimate of drug-likeness (QED) is 0.802. The Morgan fingerprint density at radius 3 is 2.89 bits per heavy atom. The van der Waals surface area contributed by atoms with Gasteiger partial charge in [-0.15, -0.1) is 0 Å². The fourth-order valence-corrected chi connectivity index (χ4v) is 2.84. The lowest BCUT2D eigenvalue weighted by atomic mass is 9.93. The first-order valence-corrected chi connectivity index (χ1v) is 6.93. The number of benzene rings is 1. The largest absolute Gasteiger partial charge is 0.371 e. The van der Waals surface area contributed by atoms with E-state index in [4.69, 9.17) is 5.26 Å². The van der Waals surface area contributed by atoms with Gasteiger partial charge in [0.2, 0.25) is 0 Å². The molecule has 2 rings (SSSR count). The van der Waals surface area contributed by atoms with E-state index in [1.165, 1.54) is 24.1 Å². The van der Waals surface area contributed by atoms with E-state index < -0.39 is 0 Å². The first-order valence-electron chi connectivity index (χ1n) is 6.93. The Bertz CT molecular complexity index is 431. The third-order valence-corrected chi connectivity index (χ3v) is 3.80. The van der Waals surface area contributed by atoms with Crippen molar-refractivity contribution in [3.8, 4) is 6.07 Å². The monoisotopic (exact) mass is 242 g/mol. The summed E-state index contributed by atoms with van der Waals surface area (Å²) in [6.45, 7) is 6.66. The van der Waals surface area contributed by atoms with Gasteiger partial charge in [0.25, 0.3) is 0 Å². The summed E-state index contributed by atoms with van der Waals surface area (Å²) in [4.78, 5) is 2.47. The molecule has 1 aromatic carbocycles. The van der Waals surface area contributed by atoms with E-state index in [2.05, 4.69) is 49.1 Å². The fraction of sp³-hybridized carbons (Fsp3) is 0.562. The number of nitrogens with zero attached hydrogens (tertiary/aromatic N) is 2. The molecule has 0 radical (unpaired) electrons. The smallest absolute Gasteiger partial charge is 0.0625 e. The fourth-order valence-electron chi connectivity index (χ4n) is 2.84. The molecule has 1 heterocycles. The third kappa shape index (κ3) is 2.85. The first-order chi connectivity index (χ1) is 8.72. The number of hydrogen-bond donors (Lipinski definition) is 0. The summed E-state index contributed by atoms with van der Waals surface area (Å²) in [7, 11) is 0. The highest BCUT2D eigenvalue weighted by atomic mass is 15.1. The zero-order valence-corrected chi connectivity index (χ0v) is 11.4. The van der Waals surface area contributed by atoms with Gasteiger partial charge in [0, 0.05) is 25.2 Å². The average Bonchev–Trinajstić information content (AvgIpc) is 2.39. The molecule has 0 amide bonds. The van der Waals surface area contributed by atoms with Crippen LogP contribution >= 0.6 is 0 Å². The predicted octanol–water partition coefficient (Wildman–Crippen LogP) is 3.94. The summed E-state index contributed by atoms with van der Waals surface area (Å²) in [5.74, 6) is 1.10. The number of anilines is 1. The lowest BCUT2D eigenvalue weighted by Crippen LogP contribution is -2.35. The van der Waals surface area contributed by atoms with Gasteiger partial charge in [-0.25, -0.2) is 0 Å². The Morgan fingerprint density at radius 2 is 2.17 bits per heavy atom. The summed E-state index contributed by atoms with van der Waals surface area (Å²) in [6, 6.07) is 11.0. The average molecular weight is 242 g/mol. The van der Waals surface area contributed by atoms with E-state index in [-0.39, 0.29) is 0 Å². The van der Waals surface area contributed by atoms with Crippen molar-refractivity contribution < 1.29 is 0 Å². The molecular formula is C16H22N2. The van der Waals surface area contributed by atoms with Crippen LogP contribution in [0, 0.1) is 17.2 Å². The normalized spacial score (nSPS) is 19.9. The molecule has 0 aromatic heterocycles. The van der Waals surface area contributed by atoms with Gasteiger partial charge in [0.15, 0.2) is 0 Å². The van der Waals surface area contributed by atoms with Crippen LogP contribution in [0.3, 0.4) is 0 Å². The zero-order valence-electron chi connectivity index (χ0n) is 11.4. The minimum Gasteiger partial charge on any atom is -0.371 e. The molecule has 1 saturated heterocycles. The van der Waals surface area contributed by atoms with E-state index in [1.807, 2.05) is 0 Å². The topological polar surface area (TPSA) is 27.0 Å². The molecule has 1 aromatic rings. The number of nitriles is 1. The van der Waals surface area contributed by atoms with Crippen molar-refractivity contribution in [1.29, 1.82) is 5.26 Å². The molecule has 96 valence electrons. The molecule has 0 aliphatic carbocycles. The molecule has 1 atom stereocenters. The summed E-state index contributed by atoms with van der Waals surface area (Å²) >= 11 is 0. The van der Waals surface area contributed by atoms with Crippen LogP contribution in [0.25, 0.3) is 0 Å². The maximum Gasteiger partial charge on any atom is 0.0625 e. The second-order valence-corrected chi connectivity index (χ2v) is 5.53. The molecule has 18 heavy (non-hydrogen) atoms. The van der Waals surface area contributed by atoms with Gasteiger partial charge in [0.1, 0.15) is 0 Å². The molecule has 0 saturated carbocycles. The highest BCUT2D eigenvalue weighted by Gasteiger charge is 2.21. The number of hydrogen-bond acceptors (Lipinski definition) is 2. The number of rotatable bonds is 3. The van der Waals surface area contributed by atoms with Crippen LogP contribution in [0.1, 0.15) is 44.6 Å². The molecule has 1 aliphatic heterocycles. The number of piperidine rings is 1. The number of para-hydroxylation sites is 1. The molecular weight excluding hydrogens is 220 g/mol. The van der Waals surface area contributed by atoms with Crippen molar-refractivity contribution in [2.45, 2.75) is 39.0 Å². The van der Waals surface area contributed by atoms with Crippen molar-refractivity contribution in [2.24, 2.45) is 5.92 Å². The second-order valence-electron chi connectivity index (χ2n) is 5.53. The van der Waals surface area contributed by atoms with E-state index >= 15 is 0 Å². The lowest BCUT2D eigenvalue weighted by Gasteiger charge is -2.35. The predicted molar refractivity (Wildman–Crippen MR) is 75.7 cm³/mol. The van der Waals surface area contributed by atoms with Gasteiger partial charge in [-0.1, -0.05) is 32.0 Å². The van der Waals surface area contributed by atoms with Crippen molar-refractivity contribution in [1.82, 2.24) is 0 Å². The van der Waals surface area contributed by atoms with Gasteiger partial charge < -0.3 is 4.90 Å². The van der Waals surface area contributed by atoms with Gasteiger partial charge in [-0.2, -0.15) is 5.26 Å². The molecule has 2 heteroatoms. The van der Waals surface area contributed by atoms with Crippen LogP contribution in [0.5, 0.6) is 0 Å². The Kier molecular flexibility index (Phi) is 4.25. The minimum absolute atomic E-state index is 0.545. The van der Waals surface area contributed by atoms with Crippen LogP contribution in [0.4, 0.5) is 5.69 Å². The molecule has 0 spiro atoms. The summed E-state index contributed by atoms with van der Waals surface area (Å²) in [6.07, 6.45) is 3.10.